The minimum Gasteiger partial charge on any atom is -0.348 e. The van der Waals surface area contributed by atoms with Crippen LogP contribution in [0.5, 0.6) is 0 Å². The van der Waals surface area contributed by atoms with E-state index in [1.165, 1.54) is 30.6 Å². The monoisotopic (exact) mass is 252 g/mol. The number of rotatable bonds is 2. The van der Waals surface area contributed by atoms with Crippen LogP contribution in [0.1, 0.15) is 28.9 Å². The molecule has 3 rings (SSSR count). The molecule has 3 heterocycles. The second-order valence-corrected chi connectivity index (χ2v) is 6.05. The summed E-state index contributed by atoms with van der Waals surface area (Å²) in [5.41, 5.74) is 0. The van der Waals surface area contributed by atoms with Crippen molar-refractivity contribution in [2.75, 3.05) is 18.0 Å². The van der Waals surface area contributed by atoms with Gasteiger partial charge in [0.15, 0.2) is 11.4 Å². The largest absolute Gasteiger partial charge is 0.348 e. The van der Waals surface area contributed by atoms with Gasteiger partial charge in [0, 0.05) is 13.1 Å². The third kappa shape index (κ3) is 1.74. The molecule has 3 nitrogen and oxygen atoms in total. The first-order valence-electron chi connectivity index (χ1n) is 5.47. The van der Waals surface area contributed by atoms with E-state index in [2.05, 4.69) is 9.88 Å². The molecule has 1 fully saturated rings. The minimum atomic E-state index is 0.777. The second-order valence-electron chi connectivity index (χ2n) is 3.98. The van der Waals surface area contributed by atoms with Gasteiger partial charge >= 0.3 is 0 Å². The Morgan fingerprint density at radius 1 is 1.25 bits per heavy atom. The maximum atomic E-state index is 10.6. The van der Waals surface area contributed by atoms with Gasteiger partial charge in [-0.2, -0.15) is 0 Å². The highest BCUT2D eigenvalue weighted by Gasteiger charge is 2.16. The van der Waals surface area contributed by atoms with E-state index in [9.17, 15) is 4.79 Å². The number of hydrogen-bond donors (Lipinski definition) is 0. The number of carbonyl (C=O) groups excluding carboxylic acids is 1. The molecule has 16 heavy (non-hydrogen) atoms. The highest BCUT2D eigenvalue weighted by atomic mass is 32.1. The molecule has 2 aromatic rings. The minimum absolute atomic E-state index is 0.777. The number of anilines is 1. The van der Waals surface area contributed by atoms with Crippen LogP contribution in [0.3, 0.4) is 0 Å². The normalized spacial score (nSPS) is 16.9. The predicted molar refractivity (Wildman–Crippen MR) is 68.9 cm³/mol. The van der Waals surface area contributed by atoms with Gasteiger partial charge in [0.05, 0.1) is 9.58 Å². The van der Waals surface area contributed by atoms with Crippen LogP contribution in [0.25, 0.3) is 9.53 Å². The molecule has 0 amide bonds. The lowest BCUT2D eigenvalue weighted by Crippen LogP contribution is -2.29. The zero-order chi connectivity index (χ0) is 11.0. The van der Waals surface area contributed by atoms with E-state index in [0.29, 0.717) is 0 Å². The van der Waals surface area contributed by atoms with Crippen molar-refractivity contribution in [2.45, 2.75) is 19.3 Å². The van der Waals surface area contributed by atoms with Crippen LogP contribution >= 0.6 is 22.7 Å². The van der Waals surface area contributed by atoms with Gasteiger partial charge in [0.2, 0.25) is 0 Å². The lowest BCUT2D eigenvalue weighted by molar-refractivity contribution is 0.112. The number of piperidine rings is 1. The van der Waals surface area contributed by atoms with Crippen LogP contribution in [0, 0.1) is 0 Å². The summed E-state index contributed by atoms with van der Waals surface area (Å²) in [5.74, 6) is 0. The molecule has 0 unspecified atom stereocenters. The van der Waals surface area contributed by atoms with E-state index in [1.807, 2.05) is 6.07 Å². The summed E-state index contributed by atoms with van der Waals surface area (Å²) in [7, 11) is 0. The molecule has 0 aliphatic carbocycles. The van der Waals surface area contributed by atoms with Crippen molar-refractivity contribution < 1.29 is 4.79 Å². The fourth-order valence-corrected chi connectivity index (χ4v) is 4.11. The Hall–Kier alpha value is -0.940. The molecule has 84 valence electrons. The van der Waals surface area contributed by atoms with Gasteiger partial charge in [-0.1, -0.05) is 11.3 Å². The Morgan fingerprint density at radius 3 is 2.75 bits per heavy atom. The SMILES string of the molecule is O=Cc1cc2sc(N3CCCCC3)nc2s1. The van der Waals surface area contributed by atoms with Crippen LogP contribution in [-0.2, 0) is 0 Å². The van der Waals surface area contributed by atoms with Crippen molar-refractivity contribution in [2.24, 2.45) is 0 Å². The van der Waals surface area contributed by atoms with E-state index in [0.717, 1.165) is 38.9 Å². The first-order chi connectivity index (χ1) is 7.86. The van der Waals surface area contributed by atoms with E-state index in [-0.39, 0.29) is 0 Å². The molecule has 1 aliphatic heterocycles. The van der Waals surface area contributed by atoms with Gasteiger partial charge in [-0.15, -0.1) is 11.3 Å². The molecule has 0 bridgehead atoms. The number of aldehydes is 1. The maximum absolute atomic E-state index is 10.6. The molecule has 1 saturated heterocycles. The number of nitrogens with zero attached hydrogens (tertiary/aromatic N) is 2. The molecule has 0 radical (unpaired) electrons. The topological polar surface area (TPSA) is 33.2 Å². The first kappa shape index (κ1) is 10.2. The number of hydrogen-bond acceptors (Lipinski definition) is 5. The molecule has 0 saturated carbocycles. The molecular weight excluding hydrogens is 240 g/mol. The number of thiophene rings is 1. The van der Waals surface area contributed by atoms with Crippen LogP contribution in [0.2, 0.25) is 0 Å². The molecule has 1 aliphatic rings. The van der Waals surface area contributed by atoms with Crippen molar-refractivity contribution >= 4 is 43.6 Å². The highest BCUT2D eigenvalue weighted by Crippen LogP contribution is 2.34. The predicted octanol–water partition coefficient (Wildman–Crippen LogP) is 3.16. The zero-order valence-corrected chi connectivity index (χ0v) is 10.4. The second kappa shape index (κ2) is 4.14. The van der Waals surface area contributed by atoms with E-state index < -0.39 is 0 Å². The number of thiazole rings is 1. The molecule has 0 spiro atoms. The third-order valence-electron chi connectivity index (χ3n) is 2.84. The van der Waals surface area contributed by atoms with Gasteiger partial charge in [-0.05, 0) is 25.3 Å². The molecular formula is C11H12N2OS2. The van der Waals surface area contributed by atoms with Crippen LogP contribution in [0.4, 0.5) is 5.13 Å². The van der Waals surface area contributed by atoms with Crippen LogP contribution in [-0.4, -0.2) is 24.4 Å². The zero-order valence-electron chi connectivity index (χ0n) is 8.81. The summed E-state index contributed by atoms with van der Waals surface area (Å²) in [6.07, 6.45) is 4.78. The maximum Gasteiger partial charge on any atom is 0.187 e. The summed E-state index contributed by atoms with van der Waals surface area (Å²) in [6.45, 7) is 2.25. The van der Waals surface area contributed by atoms with E-state index >= 15 is 0 Å². The van der Waals surface area contributed by atoms with E-state index in [1.54, 1.807) is 11.3 Å². The molecule has 5 heteroatoms. The van der Waals surface area contributed by atoms with Gasteiger partial charge in [-0.25, -0.2) is 4.98 Å². The lowest BCUT2D eigenvalue weighted by Gasteiger charge is -2.25. The first-order valence-corrected chi connectivity index (χ1v) is 7.10. The fourth-order valence-electron chi connectivity index (χ4n) is 2.02. The number of aromatic nitrogens is 1. The Bertz CT molecular complexity index is 480. The average Bonchev–Trinajstić information content (AvgIpc) is 2.87. The average molecular weight is 252 g/mol. The van der Waals surface area contributed by atoms with Gasteiger partial charge < -0.3 is 4.90 Å². The highest BCUT2D eigenvalue weighted by molar-refractivity contribution is 7.29. The lowest BCUT2D eigenvalue weighted by atomic mass is 10.1. The smallest absolute Gasteiger partial charge is 0.187 e. The summed E-state index contributed by atoms with van der Waals surface area (Å²) >= 11 is 3.19. The van der Waals surface area contributed by atoms with Crippen molar-refractivity contribution in [1.29, 1.82) is 0 Å². The van der Waals surface area contributed by atoms with Crippen molar-refractivity contribution in [3.05, 3.63) is 10.9 Å². The van der Waals surface area contributed by atoms with Crippen molar-refractivity contribution in [3.8, 4) is 0 Å². The fraction of sp³-hybridized carbons (Fsp3) is 0.455. The summed E-state index contributed by atoms with van der Waals surface area (Å²) in [6, 6.07) is 1.94. The van der Waals surface area contributed by atoms with Crippen LogP contribution < -0.4 is 4.90 Å². The van der Waals surface area contributed by atoms with Gasteiger partial charge in [-0.3, -0.25) is 4.79 Å². The quantitative estimate of drug-likeness (QED) is 0.770. The standard InChI is InChI=1S/C11H12N2OS2/c14-7-8-6-9-10(15-8)12-11(16-9)13-4-2-1-3-5-13/h6-7H,1-5H2. The van der Waals surface area contributed by atoms with Gasteiger partial charge in [0.1, 0.15) is 4.83 Å². The molecule has 0 atom stereocenters. The Kier molecular flexibility index (Phi) is 2.65. The van der Waals surface area contributed by atoms with Crippen molar-refractivity contribution in [3.63, 3.8) is 0 Å². The number of carbonyl (C=O) groups is 1. The Balaban J connectivity index is 1.92. The number of fused-ring (bicyclic) bond motifs is 1. The van der Waals surface area contributed by atoms with Gasteiger partial charge in [0.25, 0.3) is 0 Å². The Morgan fingerprint density at radius 2 is 2.06 bits per heavy atom. The molecule has 0 N–H and O–H groups in total. The third-order valence-corrected chi connectivity index (χ3v) is 4.99. The molecule has 0 aromatic carbocycles. The molecule has 2 aromatic heterocycles. The van der Waals surface area contributed by atoms with Crippen LogP contribution in [0.15, 0.2) is 6.07 Å². The van der Waals surface area contributed by atoms with Crippen molar-refractivity contribution in [1.82, 2.24) is 4.98 Å². The summed E-state index contributed by atoms with van der Waals surface area (Å²) in [4.78, 5) is 19.4. The Labute approximate surface area is 102 Å². The summed E-state index contributed by atoms with van der Waals surface area (Å²) < 4.78 is 1.15. The van der Waals surface area contributed by atoms with E-state index in [4.69, 9.17) is 0 Å². The summed E-state index contributed by atoms with van der Waals surface area (Å²) in [5, 5.41) is 1.12.